The summed E-state index contributed by atoms with van der Waals surface area (Å²) in [5.74, 6) is 0.934. The smallest absolute Gasteiger partial charge is 0.111 e. The van der Waals surface area contributed by atoms with Gasteiger partial charge in [0.05, 0.1) is 5.69 Å². The molecule has 22 heavy (non-hydrogen) atoms. The minimum absolute atomic E-state index is 0.757. The van der Waals surface area contributed by atoms with E-state index in [0.717, 1.165) is 41.4 Å². The molecule has 0 atom stereocenters. The van der Waals surface area contributed by atoms with E-state index >= 15 is 0 Å². The molecule has 0 amide bonds. The van der Waals surface area contributed by atoms with Gasteiger partial charge in [-0.3, -0.25) is 0 Å². The second-order valence-electron chi connectivity index (χ2n) is 4.75. The van der Waals surface area contributed by atoms with Crippen molar-refractivity contribution in [3.63, 3.8) is 0 Å². The van der Waals surface area contributed by atoms with Crippen molar-refractivity contribution >= 4 is 63.7 Å². The van der Waals surface area contributed by atoms with E-state index in [4.69, 9.17) is 4.98 Å². The highest BCUT2D eigenvalue weighted by Gasteiger charge is 2.13. The van der Waals surface area contributed by atoms with Gasteiger partial charge < -0.3 is 4.98 Å². The van der Waals surface area contributed by atoms with Crippen LogP contribution in [0, 0.1) is 0 Å². The van der Waals surface area contributed by atoms with Gasteiger partial charge in [-0.15, -0.1) is 0 Å². The molecule has 0 fully saturated rings. The number of hydrogen-bond acceptors (Lipinski definition) is 1. The number of imidazole rings is 1. The third-order valence-corrected chi connectivity index (χ3v) is 5.69. The van der Waals surface area contributed by atoms with Crippen molar-refractivity contribution in [2.45, 2.75) is 6.42 Å². The summed E-state index contributed by atoms with van der Waals surface area (Å²) in [6, 6.07) is 12.2. The predicted octanol–water partition coefficient (Wildman–Crippen LogP) is 6.72. The molecule has 0 spiro atoms. The molecule has 0 aliphatic carbocycles. The minimum Gasteiger partial charge on any atom is -0.348 e. The third-order valence-electron chi connectivity index (χ3n) is 3.21. The van der Waals surface area contributed by atoms with Gasteiger partial charge in [0.25, 0.3) is 0 Å². The standard InChI is InChI=1S/C16H10Br4N2/c17-10-6-12(19)16(13(20)7-10)14-8-21-15(22-14)5-9-3-1-2-4-11(9)18/h1-4,6-8H,5H2,(H,21,22). The van der Waals surface area contributed by atoms with Crippen LogP contribution in [0.1, 0.15) is 11.4 Å². The molecule has 6 heteroatoms. The molecule has 0 aliphatic rings. The highest BCUT2D eigenvalue weighted by molar-refractivity contribution is 9.11. The topological polar surface area (TPSA) is 28.7 Å². The molecule has 2 nitrogen and oxygen atoms in total. The molecular weight excluding hydrogens is 540 g/mol. The van der Waals surface area contributed by atoms with Gasteiger partial charge in [-0.05, 0) is 23.8 Å². The number of halogens is 4. The Kier molecular flexibility index (Phi) is 5.22. The van der Waals surface area contributed by atoms with Crippen LogP contribution in [0.5, 0.6) is 0 Å². The number of rotatable bonds is 3. The molecular formula is C16H10Br4N2. The molecule has 2 aromatic carbocycles. The van der Waals surface area contributed by atoms with Crippen LogP contribution in [0.3, 0.4) is 0 Å². The molecule has 1 aromatic heterocycles. The monoisotopic (exact) mass is 546 g/mol. The summed E-state index contributed by atoms with van der Waals surface area (Å²) < 4.78 is 4.10. The average molecular weight is 550 g/mol. The Morgan fingerprint density at radius 3 is 2.27 bits per heavy atom. The van der Waals surface area contributed by atoms with Crippen molar-refractivity contribution in [2.24, 2.45) is 0 Å². The number of nitrogens with zero attached hydrogens (tertiary/aromatic N) is 1. The number of aromatic nitrogens is 2. The molecule has 0 aliphatic heterocycles. The van der Waals surface area contributed by atoms with Crippen LogP contribution >= 0.6 is 63.7 Å². The Balaban J connectivity index is 1.93. The molecule has 0 radical (unpaired) electrons. The van der Waals surface area contributed by atoms with Crippen molar-refractivity contribution in [1.29, 1.82) is 0 Å². The Hall–Kier alpha value is -0.430. The van der Waals surface area contributed by atoms with Crippen LogP contribution in [0.4, 0.5) is 0 Å². The van der Waals surface area contributed by atoms with Crippen LogP contribution in [0.25, 0.3) is 11.3 Å². The summed E-state index contributed by atoms with van der Waals surface area (Å²) in [4.78, 5) is 7.98. The number of benzene rings is 2. The first-order valence-electron chi connectivity index (χ1n) is 6.47. The van der Waals surface area contributed by atoms with Gasteiger partial charge in [0.2, 0.25) is 0 Å². The second kappa shape index (κ2) is 6.99. The fourth-order valence-corrected chi connectivity index (χ4v) is 5.28. The second-order valence-corrected chi connectivity index (χ2v) is 8.22. The quantitative estimate of drug-likeness (QED) is 0.386. The largest absolute Gasteiger partial charge is 0.348 e. The Morgan fingerprint density at radius 2 is 1.59 bits per heavy atom. The first kappa shape index (κ1) is 16.4. The zero-order valence-corrected chi connectivity index (χ0v) is 17.6. The number of nitrogens with one attached hydrogen (secondary N) is 1. The van der Waals surface area contributed by atoms with E-state index in [1.165, 1.54) is 5.56 Å². The molecule has 0 bridgehead atoms. The van der Waals surface area contributed by atoms with Crippen LogP contribution in [-0.4, -0.2) is 9.97 Å². The lowest BCUT2D eigenvalue weighted by molar-refractivity contribution is 1.02. The van der Waals surface area contributed by atoms with E-state index in [1.807, 2.05) is 36.5 Å². The molecule has 0 saturated carbocycles. The van der Waals surface area contributed by atoms with Crippen LogP contribution in [0.2, 0.25) is 0 Å². The van der Waals surface area contributed by atoms with Gasteiger partial charge in [0, 0.05) is 36.1 Å². The van der Waals surface area contributed by atoms with E-state index in [1.54, 1.807) is 0 Å². The van der Waals surface area contributed by atoms with Crippen molar-refractivity contribution in [2.75, 3.05) is 0 Å². The summed E-state index contributed by atoms with van der Waals surface area (Å²) in [6.45, 7) is 0. The molecule has 3 aromatic rings. The van der Waals surface area contributed by atoms with Crippen molar-refractivity contribution in [3.05, 3.63) is 71.9 Å². The Morgan fingerprint density at radius 1 is 0.909 bits per heavy atom. The fourth-order valence-electron chi connectivity index (χ4n) is 2.19. The number of aromatic amines is 1. The number of H-pyrrole nitrogens is 1. The lowest BCUT2D eigenvalue weighted by atomic mass is 10.1. The summed E-state index contributed by atoms with van der Waals surface area (Å²) in [5, 5.41) is 0. The SMILES string of the molecule is Brc1cc(Br)c(-c2c[nH]c(Cc3ccccc3Br)n2)c(Br)c1. The molecule has 112 valence electrons. The summed E-state index contributed by atoms with van der Waals surface area (Å²) in [5.41, 5.74) is 3.16. The van der Waals surface area contributed by atoms with Gasteiger partial charge in [0.15, 0.2) is 0 Å². The number of hydrogen-bond donors (Lipinski definition) is 1. The fraction of sp³-hybridized carbons (Fsp3) is 0.0625. The lowest BCUT2D eigenvalue weighted by Gasteiger charge is -2.05. The maximum absolute atomic E-state index is 4.72. The Bertz CT molecular complexity index is 804. The molecule has 1 N–H and O–H groups in total. The predicted molar refractivity (Wildman–Crippen MR) is 104 cm³/mol. The van der Waals surface area contributed by atoms with Crippen LogP contribution in [-0.2, 0) is 6.42 Å². The molecule has 3 rings (SSSR count). The first-order valence-corrected chi connectivity index (χ1v) is 9.64. The van der Waals surface area contributed by atoms with Crippen LogP contribution < -0.4 is 0 Å². The minimum atomic E-state index is 0.757. The van der Waals surface area contributed by atoms with Gasteiger partial charge in [-0.25, -0.2) is 4.98 Å². The van der Waals surface area contributed by atoms with E-state index in [-0.39, 0.29) is 0 Å². The van der Waals surface area contributed by atoms with E-state index in [9.17, 15) is 0 Å². The average Bonchev–Trinajstić information content (AvgIpc) is 2.88. The Labute approximate surface area is 162 Å². The normalized spacial score (nSPS) is 10.9. The van der Waals surface area contributed by atoms with E-state index < -0.39 is 0 Å². The molecule has 0 saturated heterocycles. The molecule has 1 heterocycles. The molecule has 0 unspecified atom stereocenters. The zero-order valence-electron chi connectivity index (χ0n) is 11.2. The summed E-state index contributed by atoms with van der Waals surface area (Å²) in [6.07, 6.45) is 2.69. The van der Waals surface area contributed by atoms with Gasteiger partial charge in [-0.1, -0.05) is 81.9 Å². The van der Waals surface area contributed by atoms with E-state index in [0.29, 0.717) is 0 Å². The maximum atomic E-state index is 4.72. The van der Waals surface area contributed by atoms with Gasteiger partial charge >= 0.3 is 0 Å². The van der Waals surface area contributed by atoms with Crippen molar-refractivity contribution in [1.82, 2.24) is 9.97 Å². The van der Waals surface area contributed by atoms with Crippen molar-refractivity contribution < 1.29 is 0 Å². The van der Waals surface area contributed by atoms with E-state index in [2.05, 4.69) is 74.8 Å². The van der Waals surface area contributed by atoms with Crippen molar-refractivity contribution in [3.8, 4) is 11.3 Å². The van der Waals surface area contributed by atoms with Gasteiger partial charge in [0.1, 0.15) is 5.82 Å². The summed E-state index contributed by atoms with van der Waals surface area (Å²) in [7, 11) is 0. The van der Waals surface area contributed by atoms with Crippen LogP contribution in [0.15, 0.2) is 60.5 Å². The zero-order chi connectivity index (χ0) is 15.7. The highest BCUT2D eigenvalue weighted by Crippen LogP contribution is 2.37. The lowest BCUT2D eigenvalue weighted by Crippen LogP contribution is -1.92. The first-order chi connectivity index (χ1) is 10.5. The maximum Gasteiger partial charge on any atom is 0.111 e. The summed E-state index contributed by atoms with van der Waals surface area (Å²) >= 11 is 14.3. The highest BCUT2D eigenvalue weighted by atomic mass is 79.9. The van der Waals surface area contributed by atoms with Gasteiger partial charge in [-0.2, -0.15) is 0 Å². The third kappa shape index (κ3) is 3.55.